The highest BCUT2D eigenvalue weighted by Gasteiger charge is 2.16. The predicted molar refractivity (Wildman–Crippen MR) is 97.3 cm³/mol. The highest BCUT2D eigenvalue weighted by molar-refractivity contribution is 5.97. The van der Waals surface area contributed by atoms with Crippen LogP contribution in [-0.2, 0) is 0 Å². The van der Waals surface area contributed by atoms with E-state index in [1.54, 1.807) is 19.1 Å². The van der Waals surface area contributed by atoms with Gasteiger partial charge in [0.2, 0.25) is 0 Å². The van der Waals surface area contributed by atoms with Crippen molar-refractivity contribution in [2.75, 3.05) is 0 Å². The normalized spacial score (nSPS) is 10.3. The molecular weight excluding hydrogens is 348 g/mol. The van der Waals surface area contributed by atoms with Crippen LogP contribution in [0.5, 0.6) is 23.0 Å². The summed E-state index contributed by atoms with van der Waals surface area (Å²) in [4.78, 5) is 24.7. The minimum atomic E-state index is -0.639. The van der Waals surface area contributed by atoms with E-state index in [1.807, 2.05) is 0 Å². The smallest absolute Gasteiger partial charge is 0.343 e. The molecule has 3 aromatic carbocycles. The lowest BCUT2D eigenvalue weighted by atomic mass is 10.1. The van der Waals surface area contributed by atoms with Crippen molar-refractivity contribution in [1.29, 1.82) is 0 Å². The molecule has 0 aliphatic carbocycles. The SMILES string of the molecule is Cc1ccc(C(=O)Oc2ccc(O)cc2)cc1C(=O)Oc1ccc(O)cc1. The summed E-state index contributed by atoms with van der Waals surface area (Å²) in [5.74, 6) is -0.605. The number of rotatable bonds is 4. The van der Waals surface area contributed by atoms with Crippen molar-refractivity contribution in [3.63, 3.8) is 0 Å². The summed E-state index contributed by atoms with van der Waals surface area (Å²) in [5, 5.41) is 18.5. The van der Waals surface area contributed by atoms with Crippen LogP contribution in [0.3, 0.4) is 0 Å². The maximum Gasteiger partial charge on any atom is 0.343 e. The van der Waals surface area contributed by atoms with Crippen molar-refractivity contribution in [1.82, 2.24) is 0 Å². The molecule has 3 aromatic rings. The molecule has 0 saturated heterocycles. The van der Waals surface area contributed by atoms with E-state index in [2.05, 4.69) is 0 Å². The Morgan fingerprint density at radius 1 is 0.704 bits per heavy atom. The Hall–Kier alpha value is -3.80. The molecule has 0 saturated carbocycles. The second kappa shape index (κ2) is 7.61. The summed E-state index contributed by atoms with van der Waals surface area (Å²) in [5.41, 5.74) is 1.05. The monoisotopic (exact) mass is 364 g/mol. The Labute approximate surface area is 155 Å². The van der Waals surface area contributed by atoms with Gasteiger partial charge in [0.1, 0.15) is 23.0 Å². The molecule has 3 rings (SSSR count). The fourth-order valence-electron chi connectivity index (χ4n) is 2.33. The van der Waals surface area contributed by atoms with Crippen molar-refractivity contribution >= 4 is 11.9 Å². The number of hydrogen-bond acceptors (Lipinski definition) is 6. The molecule has 0 radical (unpaired) electrons. The van der Waals surface area contributed by atoms with Gasteiger partial charge in [0, 0.05) is 0 Å². The highest BCUT2D eigenvalue weighted by atomic mass is 16.5. The third-order valence-electron chi connectivity index (χ3n) is 3.79. The van der Waals surface area contributed by atoms with Gasteiger partial charge in [-0.25, -0.2) is 9.59 Å². The second-order valence-electron chi connectivity index (χ2n) is 5.80. The Balaban J connectivity index is 1.78. The summed E-state index contributed by atoms with van der Waals surface area (Å²) in [6.07, 6.45) is 0. The van der Waals surface area contributed by atoms with E-state index in [1.165, 1.54) is 54.6 Å². The summed E-state index contributed by atoms with van der Waals surface area (Å²) in [6, 6.07) is 16.0. The number of aryl methyl sites for hydroxylation is 1. The lowest BCUT2D eigenvalue weighted by Gasteiger charge is -2.09. The third kappa shape index (κ3) is 4.43. The van der Waals surface area contributed by atoms with E-state index in [-0.39, 0.29) is 34.1 Å². The molecule has 2 N–H and O–H groups in total. The number of carbonyl (C=O) groups excluding carboxylic acids is 2. The summed E-state index contributed by atoms with van der Waals surface area (Å²) < 4.78 is 10.5. The molecule has 0 unspecified atom stereocenters. The summed E-state index contributed by atoms with van der Waals surface area (Å²) in [7, 11) is 0. The Bertz CT molecular complexity index is 975. The predicted octanol–water partition coefficient (Wildman–Crippen LogP) is 3.84. The van der Waals surface area contributed by atoms with Gasteiger partial charge < -0.3 is 19.7 Å². The first-order valence-corrected chi connectivity index (χ1v) is 8.05. The second-order valence-corrected chi connectivity index (χ2v) is 5.80. The van der Waals surface area contributed by atoms with E-state index in [0.29, 0.717) is 5.56 Å². The van der Waals surface area contributed by atoms with Gasteiger partial charge in [-0.1, -0.05) is 6.07 Å². The van der Waals surface area contributed by atoms with Crippen LogP contribution in [0.2, 0.25) is 0 Å². The largest absolute Gasteiger partial charge is 0.508 e. The molecule has 6 nitrogen and oxygen atoms in total. The summed E-state index contributed by atoms with van der Waals surface area (Å²) in [6.45, 7) is 1.72. The van der Waals surface area contributed by atoms with Crippen LogP contribution < -0.4 is 9.47 Å². The van der Waals surface area contributed by atoms with Crippen LogP contribution in [0.1, 0.15) is 26.3 Å². The van der Waals surface area contributed by atoms with Crippen LogP contribution in [0, 0.1) is 6.92 Å². The molecule has 0 bridgehead atoms. The zero-order valence-electron chi connectivity index (χ0n) is 14.4. The van der Waals surface area contributed by atoms with Crippen molar-refractivity contribution in [3.8, 4) is 23.0 Å². The van der Waals surface area contributed by atoms with Crippen molar-refractivity contribution in [2.45, 2.75) is 6.92 Å². The van der Waals surface area contributed by atoms with Crippen LogP contribution in [0.15, 0.2) is 66.7 Å². The molecule has 0 spiro atoms. The molecule has 6 heteroatoms. The first-order chi connectivity index (χ1) is 12.9. The molecule has 0 aliphatic heterocycles. The first-order valence-electron chi connectivity index (χ1n) is 8.05. The molecule has 0 aliphatic rings. The summed E-state index contributed by atoms with van der Waals surface area (Å²) >= 11 is 0. The van der Waals surface area contributed by atoms with E-state index < -0.39 is 11.9 Å². The number of esters is 2. The van der Waals surface area contributed by atoms with E-state index >= 15 is 0 Å². The molecule has 27 heavy (non-hydrogen) atoms. The van der Waals surface area contributed by atoms with Gasteiger partial charge in [0.25, 0.3) is 0 Å². The molecule has 0 amide bonds. The van der Waals surface area contributed by atoms with Crippen LogP contribution in [0.25, 0.3) is 0 Å². The van der Waals surface area contributed by atoms with Crippen LogP contribution >= 0.6 is 0 Å². The molecule has 0 aromatic heterocycles. The van der Waals surface area contributed by atoms with Gasteiger partial charge in [-0.2, -0.15) is 0 Å². The number of ether oxygens (including phenoxy) is 2. The molecule has 0 atom stereocenters. The lowest BCUT2D eigenvalue weighted by molar-refractivity contribution is 0.0734. The average Bonchev–Trinajstić information content (AvgIpc) is 2.65. The maximum atomic E-state index is 12.4. The number of benzene rings is 3. The third-order valence-corrected chi connectivity index (χ3v) is 3.79. The fourth-order valence-corrected chi connectivity index (χ4v) is 2.33. The van der Waals surface area contributed by atoms with Gasteiger partial charge in [-0.3, -0.25) is 0 Å². The van der Waals surface area contributed by atoms with Crippen LogP contribution in [0.4, 0.5) is 0 Å². The van der Waals surface area contributed by atoms with E-state index in [4.69, 9.17) is 9.47 Å². The first kappa shape index (κ1) is 18.0. The number of hydrogen-bond donors (Lipinski definition) is 2. The zero-order chi connectivity index (χ0) is 19.4. The topological polar surface area (TPSA) is 93.1 Å². The minimum absolute atomic E-state index is 0.0596. The van der Waals surface area contributed by atoms with Crippen molar-refractivity contribution < 1.29 is 29.3 Å². The molecule has 136 valence electrons. The van der Waals surface area contributed by atoms with E-state index in [9.17, 15) is 19.8 Å². The minimum Gasteiger partial charge on any atom is -0.508 e. The van der Waals surface area contributed by atoms with Gasteiger partial charge in [0.05, 0.1) is 11.1 Å². The van der Waals surface area contributed by atoms with Crippen molar-refractivity contribution in [3.05, 3.63) is 83.4 Å². The van der Waals surface area contributed by atoms with Crippen LogP contribution in [-0.4, -0.2) is 22.2 Å². The van der Waals surface area contributed by atoms with Gasteiger partial charge in [-0.15, -0.1) is 0 Å². The number of carbonyl (C=O) groups is 2. The Kier molecular flexibility index (Phi) is 5.08. The number of phenolic OH excluding ortho intramolecular Hbond substituents is 2. The fraction of sp³-hybridized carbons (Fsp3) is 0.0476. The maximum absolute atomic E-state index is 12.4. The highest BCUT2D eigenvalue weighted by Crippen LogP contribution is 2.21. The number of aromatic hydroxyl groups is 2. The molecule has 0 fully saturated rings. The lowest BCUT2D eigenvalue weighted by Crippen LogP contribution is -2.14. The Morgan fingerprint density at radius 2 is 1.19 bits per heavy atom. The van der Waals surface area contributed by atoms with Gasteiger partial charge in [0.15, 0.2) is 0 Å². The van der Waals surface area contributed by atoms with Gasteiger partial charge in [-0.05, 0) is 73.2 Å². The zero-order valence-corrected chi connectivity index (χ0v) is 14.4. The van der Waals surface area contributed by atoms with Gasteiger partial charge >= 0.3 is 11.9 Å². The standard InChI is InChI=1S/C21H16O6/c1-13-2-3-14(20(24)26-17-8-4-15(22)5-9-17)12-19(13)21(25)27-18-10-6-16(23)7-11-18/h2-12,22-23H,1H3. The van der Waals surface area contributed by atoms with Crippen molar-refractivity contribution in [2.24, 2.45) is 0 Å². The Morgan fingerprint density at radius 3 is 1.70 bits per heavy atom. The van der Waals surface area contributed by atoms with E-state index in [0.717, 1.165) is 0 Å². The average molecular weight is 364 g/mol. The quantitative estimate of drug-likeness (QED) is 0.540. The molecule has 0 heterocycles. The molecular formula is C21H16O6. The number of phenols is 2.